The second-order valence-corrected chi connectivity index (χ2v) is 11.3. The lowest BCUT2D eigenvalue weighted by Gasteiger charge is -2.32. The number of piperidine rings is 1. The van der Waals surface area contributed by atoms with Gasteiger partial charge in [-0.3, -0.25) is 19.0 Å². The zero-order chi connectivity index (χ0) is 28.6. The molecule has 2 aliphatic rings. The summed E-state index contributed by atoms with van der Waals surface area (Å²) in [6.07, 6.45) is 1.93. The molecule has 0 spiro atoms. The second-order valence-electron chi connectivity index (χ2n) is 11.3. The van der Waals surface area contributed by atoms with Crippen molar-refractivity contribution in [2.75, 3.05) is 25.2 Å². The van der Waals surface area contributed by atoms with Crippen LogP contribution in [0.3, 0.4) is 0 Å². The van der Waals surface area contributed by atoms with Crippen molar-refractivity contribution < 1.29 is 28.7 Å². The Morgan fingerprint density at radius 1 is 1.05 bits per heavy atom. The van der Waals surface area contributed by atoms with Crippen LogP contribution < -0.4 is 11.1 Å². The van der Waals surface area contributed by atoms with Crippen LogP contribution in [0.2, 0.25) is 0 Å². The van der Waals surface area contributed by atoms with Crippen molar-refractivity contribution in [3.8, 4) is 11.1 Å². The maximum absolute atomic E-state index is 13.2. The molecule has 2 aliphatic heterocycles. The Hall–Kier alpha value is -4.34. The number of carbonyl (C=O) groups is 4. The fraction of sp³-hybridized carbons (Fsp3) is 0.400. The van der Waals surface area contributed by atoms with Crippen molar-refractivity contribution in [1.29, 1.82) is 0 Å². The molecular formula is C30H34N4O6. The van der Waals surface area contributed by atoms with Gasteiger partial charge in [-0.2, -0.15) is 0 Å². The monoisotopic (exact) mass is 546 g/mol. The molecule has 5 rings (SSSR count). The van der Waals surface area contributed by atoms with Crippen LogP contribution in [0.5, 0.6) is 0 Å². The standard InChI is InChI=1S/C30H34N4O6/c1-18(35)39-17-40-29(38)33-12-10-20(11-13-33)32-23-14-19(8-9-21(23)28(31)37)27-22-6-4-5-7-24(22)34-25(27)15-30(2,3)16-26(34)36/h4-9,14,20,32H,10-13,15-17H2,1-3H3,(H2,31,37). The molecular weight excluding hydrogens is 512 g/mol. The number of benzene rings is 2. The van der Waals surface area contributed by atoms with E-state index in [1.54, 1.807) is 11.0 Å². The number of amides is 2. The van der Waals surface area contributed by atoms with Crippen molar-refractivity contribution in [2.24, 2.45) is 11.1 Å². The van der Waals surface area contributed by atoms with Gasteiger partial charge in [0.2, 0.25) is 12.7 Å². The van der Waals surface area contributed by atoms with Gasteiger partial charge in [-0.15, -0.1) is 0 Å². The molecule has 1 fully saturated rings. The molecule has 40 heavy (non-hydrogen) atoms. The predicted octanol–water partition coefficient (Wildman–Crippen LogP) is 4.55. The predicted molar refractivity (Wildman–Crippen MR) is 150 cm³/mol. The Bertz CT molecular complexity index is 1500. The van der Waals surface area contributed by atoms with Gasteiger partial charge in [0.15, 0.2) is 0 Å². The van der Waals surface area contributed by atoms with E-state index < -0.39 is 24.8 Å². The van der Waals surface area contributed by atoms with E-state index in [4.69, 9.17) is 10.5 Å². The van der Waals surface area contributed by atoms with Gasteiger partial charge >= 0.3 is 12.1 Å². The van der Waals surface area contributed by atoms with Crippen LogP contribution in [0, 0.1) is 5.41 Å². The lowest BCUT2D eigenvalue weighted by molar-refractivity contribution is -0.149. The molecule has 2 amide bonds. The SMILES string of the molecule is CC(=O)OCOC(=O)N1CCC(Nc2cc(-c3c4n(c5ccccc35)C(=O)CC(C)(C)C4)ccc2C(N)=O)CC1. The maximum atomic E-state index is 13.2. The Balaban J connectivity index is 1.42. The van der Waals surface area contributed by atoms with Gasteiger partial charge < -0.3 is 25.4 Å². The molecule has 210 valence electrons. The highest BCUT2D eigenvalue weighted by molar-refractivity contribution is 6.06. The lowest BCUT2D eigenvalue weighted by Crippen LogP contribution is -2.43. The first kappa shape index (κ1) is 27.2. The number of para-hydroxylation sites is 1. The molecule has 2 aromatic carbocycles. The van der Waals surface area contributed by atoms with E-state index in [2.05, 4.69) is 23.9 Å². The first-order valence-corrected chi connectivity index (χ1v) is 13.5. The van der Waals surface area contributed by atoms with Gasteiger partial charge in [-0.1, -0.05) is 38.1 Å². The second kappa shape index (κ2) is 10.7. The number of carbonyl (C=O) groups excluding carboxylic acids is 4. The van der Waals surface area contributed by atoms with E-state index >= 15 is 0 Å². The largest absolute Gasteiger partial charge is 0.428 e. The Morgan fingerprint density at radius 3 is 2.48 bits per heavy atom. The Kier molecular flexibility index (Phi) is 7.27. The first-order valence-electron chi connectivity index (χ1n) is 13.5. The molecule has 1 aromatic heterocycles. The van der Waals surface area contributed by atoms with E-state index in [1.165, 1.54) is 6.92 Å². The van der Waals surface area contributed by atoms with Crippen molar-refractivity contribution in [1.82, 2.24) is 9.47 Å². The molecule has 3 heterocycles. The van der Waals surface area contributed by atoms with Crippen LogP contribution in [0.15, 0.2) is 42.5 Å². The molecule has 0 unspecified atom stereocenters. The minimum Gasteiger partial charge on any atom is -0.428 e. The highest BCUT2D eigenvalue weighted by atomic mass is 16.7. The molecule has 0 aliphatic carbocycles. The van der Waals surface area contributed by atoms with Gasteiger partial charge in [-0.05, 0) is 48.4 Å². The molecule has 0 bridgehead atoms. The zero-order valence-electron chi connectivity index (χ0n) is 23.0. The van der Waals surface area contributed by atoms with Crippen LogP contribution in [0.25, 0.3) is 22.0 Å². The molecule has 3 N–H and O–H groups in total. The number of ether oxygens (including phenoxy) is 2. The van der Waals surface area contributed by atoms with Gasteiger partial charge in [0.1, 0.15) is 0 Å². The number of nitrogens with two attached hydrogens (primary N) is 1. The maximum Gasteiger partial charge on any atom is 0.412 e. The summed E-state index contributed by atoms with van der Waals surface area (Å²) in [6.45, 7) is 5.93. The number of hydrogen-bond acceptors (Lipinski definition) is 7. The molecule has 0 radical (unpaired) electrons. The number of nitrogens with one attached hydrogen (secondary N) is 1. The minimum atomic E-state index is -0.541. The van der Waals surface area contributed by atoms with Crippen LogP contribution >= 0.6 is 0 Å². The summed E-state index contributed by atoms with van der Waals surface area (Å²) >= 11 is 0. The third kappa shape index (κ3) is 5.38. The summed E-state index contributed by atoms with van der Waals surface area (Å²) in [5.41, 5.74) is 10.3. The Labute approximate surface area is 232 Å². The molecule has 3 aromatic rings. The van der Waals surface area contributed by atoms with Crippen LogP contribution in [-0.2, 0) is 20.7 Å². The number of rotatable bonds is 6. The normalized spacial score (nSPS) is 16.9. The number of hydrogen-bond donors (Lipinski definition) is 2. The van der Waals surface area contributed by atoms with Gasteiger partial charge in [0, 0.05) is 54.8 Å². The fourth-order valence-electron chi connectivity index (χ4n) is 5.79. The molecule has 10 nitrogen and oxygen atoms in total. The van der Waals surface area contributed by atoms with E-state index in [-0.39, 0.29) is 17.4 Å². The topological polar surface area (TPSA) is 133 Å². The van der Waals surface area contributed by atoms with Crippen LogP contribution in [0.1, 0.15) is 60.9 Å². The summed E-state index contributed by atoms with van der Waals surface area (Å²) in [6, 6.07) is 13.5. The molecule has 1 saturated heterocycles. The number of likely N-dealkylation sites (tertiary alicyclic amines) is 1. The minimum absolute atomic E-state index is 0.00826. The molecule has 10 heteroatoms. The Morgan fingerprint density at radius 2 is 1.77 bits per heavy atom. The summed E-state index contributed by atoms with van der Waals surface area (Å²) in [4.78, 5) is 50.3. The average Bonchev–Trinajstić information content (AvgIpc) is 3.21. The summed E-state index contributed by atoms with van der Waals surface area (Å²) in [5.74, 6) is -0.980. The van der Waals surface area contributed by atoms with Crippen LogP contribution in [0.4, 0.5) is 10.5 Å². The zero-order valence-corrected chi connectivity index (χ0v) is 23.0. The number of aromatic nitrogens is 1. The van der Waals surface area contributed by atoms with Crippen molar-refractivity contribution in [3.05, 3.63) is 53.7 Å². The third-order valence-electron chi connectivity index (χ3n) is 7.63. The molecule has 0 saturated carbocycles. The van der Waals surface area contributed by atoms with Gasteiger partial charge in [0.05, 0.1) is 11.1 Å². The van der Waals surface area contributed by atoms with Crippen molar-refractivity contribution in [3.63, 3.8) is 0 Å². The fourth-order valence-corrected chi connectivity index (χ4v) is 5.79. The number of primary amides is 1. The van der Waals surface area contributed by atoms with E-state index in [1.807, 2.05) is 41.0 Å². The quantitative estimate of drug-likeness (QED) is 0.342. The number of anilines is 1. The van der Waals surface area contributed by atoms with E-state index in [0.717, 1.165) is 34.1 Å². The number of esters is 1. The van der Waals surface area contributed by atoms with Gasteiger partial charge in [0.25, 0.3) is 5.91 Å². The molecule has 0 atom stereocenters. The number of fused-ring (bicyclic) bond motifs is 3. The highest BCUT2D eigenvalue weighted by Gasteiger charge is 2.35. The lowest BCUT2D eigenvalue weighted by atomic mass is 9.80. The smallest absolute Gasteiger partial charge is 0.412 e. The van der Waals surface area contributed by atoms with Crippen molar-refractivity contribution in [2.45, 2.75) is 52.5 Å². The average molecular weight is 547 g/mol. The first-order chi connectivity index (χ1) is 19.0. The van der Waals surface area contributed by atoms with E-state index in [9.17, 15) is 19.2 Å². The summed E-state index contributed by atoms with van der Waals surface area (Å²) in [5, 5.41) is 4.47. The van der Waals surface area contributed by atoms with Crippen LogP contribution in [-0.4, -0.2) is 59.3 Å². The van der Waals surface area contributed by atoms with Gasteiger partial charge in [-0.25, -0.2) is 4.79 Å². The summed E-state index contributed by atoms with van der Waals surface area (Å²) in [7, 11) is 0. The third-order valence-corrected chi connectivity index (χ3v) is 7.63. The number of nitrogens with zero attached hydrogens (tertiary/aromatic N) is 2. The van der Waals surface area contributed by atoms with E-state index in [0.29, 0.717) is 43.6 Å². The highest BCUT2D eigenvalue weighted by Crippen LogP contribution is 2.43. The van der Waals surface area contributed by atoms with Crippen molar-refractivity contribution >= 4 is 40.5 Å². The summed E-state index contributed by atoms with van der Waals surface area (Å²) < 4.78 is 11.5.